The molecule has 0 spiro atoms. The van der Waals surface area contributed by atoms with E-state index in [2.05, 4.69) is 9.97 Å². The minimum absolute atomic E-state index is 0.249. The molecular weight excluding hydrogens is 292 g/mol. The van der Waals surface area contributed by atoms with Crippen LogP contribution in [0, 0.1) is 6.92 Å². The van der Waals surface area contributed by atoms with E-state index in [-0.39, 0.29) is 4.88 Å². The Hall–Kier alpha value is -2.05. The lowest BCUT2D eigenvalue weighted by atomic mass is 10.1. The quantitative estimate of drug-likeness (QED) is 0.796. The number of carboxylic acids is 1. The number of nitrogens with zero attached hydrogens (tertiary/aromatic N) is 2. The first-order valence-corrected chi connectivity index (χ1v) is 7.57. The summed E-state index contributed by atoms with van der Waals surface area (Å²) in [5, 5.41) is 12.7. The molecule has 6 heteroatoms. The summed E-state index contributed by atoms with van der Waals surface area (Å²) < 4.78 is 0. The molecule has 2 heterocycles. The lowest BCUT2D eigenvalue weighted by molar-refractivity contribution is 0.0702. The molecule has 0 aliphatic rings. The molecule has 0 saturated heterocycles. The van der Waals surface area contributed by atoms with Crippen molar-refractivity contribution in [2.45, 2.75) is 6.92 Å². The van der Waals surface area contributed by atoms with Gasteiger partial charge in [0.05, 0.1) is 5.69 Å². The maximum atomic E-state index is 11.4. The van der Waals surface area contributed by atoms with Gasteiger partial charge in [0.25, 0.3) is 0 Å². The largest absolute Gasteiger partial charge is 0.477 e. The van der Waals surface area contributed by atoms with E-state index in [0.29, 0.717) is 10.7 Å². The molecule has 4 nitrogen and oxygen atoms in total. The summed E-state index contributed by atoms with van der Waals surface area (Å²) in [6.07, 6.45) is 0. The monoisotopic (exact) mass is 302 g/mol. The van der Waals surface area contributed by atoms with E-state index in [0.717, 1.165) is 16.3 Å². The molecule has 0 fully saturated rings. The van der Waals surface area contributed by atoms with Crippen molar-refractivity contribution in [3.05, 3.63) is 46.3 Å². The standard InChI is InChI=1S/C14H10N2O2S2/c1-8-7-19-12(15-8)13-16-10(11(20-13)14(17)18)9-5-3-2-4-6-9/h2-7H,1H3,(H,17,18). The number of aromatic nitrogens is 2. The summed E-state index contributed by atoms with van der Waals surface area (Å²) in [7, 11) is 0. The van der Waals surface area contributed by atoms with Gasteiger partial charge in [-0.15, -0.1) is 22.7 Å². The molecule has 0 aliphatic carbocycles. The molecular formula is C14H10N2O2S2. The summed E-state index contributed by atoms with van der Waals surface area (Å²) in [4.78, 5) is 20.5. The van der Waals surface area contributed by atoms with E-state index >= 15 is 0 Å². The molecule has 0 atom stereocenters. The molecule has 0 unspecified atom stereocenters. The van der Waals surface area contributed by atoms with Crippen LogP contribution >= 0.6 is 22.7 Å². The minimum atomic E-state index is -0.958. The smallest absolute Gasteiger partial charge is 0.348 e. The highest BCUT2D eigenvalue weighted by Gasteiger charge is 2.20. The third-order valence-electron chi connectivity index (χ3n) is 2.67. The van der Waals surface area contributed by atoms with E-state index in [1.807, 2.05) is 42.6 Å². The van der Waals surface area contributed by atoms with E-state index in [4.69, 9.17) is 0 Å². The van der Waals surface area contributed by atoms with Crippen LogP contribution in [-0.2, 0) is 0 Å². The Bertz CT molecular complexity index is 763. The zero-order chi connectivity index (χ0) is 14.1. The first kappa shape index (κ1) is 13.0. The number of aryl methyl sites for hydroxylation is 1. The van der Waals surface area contributed by atoms with Crippen molar-refractivity contribution < 1.29 is 9.90 Å². The van der Waals surface area contributed by atoms with Gasteiger partial charge in [-0.2, -0.15) is 0 Å². The molecule has 0 amide bonds. The maximum absolute atomic E-state index is 11.4. The van der Waals surface area contributed by atoms with E-state index in [9.17, 15) is 9.90 Å². The van der Waals surface area contributed by atoms with Crippen LogP contribution in [0.3, 0.4) is 0 Å². The molecule has 20 heavy (non-hydrogen) atoms. The SMILES string of the molecule is Cc1csc(-c2nc(-c3ccccc3)c(C(=O)O)s2)n1. The van der Waals surface area contributed by atoms with Gasteiger partial charge in [0.2, 0.25) is 0 Å². The molecule has 0 saturated carbocycles. The average Bonchev–Trinajstić information content (AvgIpc) is 3.05. The highest BCUT2D eigenvalue weighted by molar-refractivity contribution is 7.22. The van der Waals surface area contributed by atoms with Gasteiger partial charge in [0.1, 0.15) is 4.88 Å². The number of benzene rings is 1. The zero-order valence-corrected chi connectivity index (χ0v) is 12.2. The highest BCUT2D eigenvalue weighted by Crippen LogP contribution is 2.35. The van der Waals surface area contributed by atoms with Crippen molar-refractivity contribution in [1.29, 1.82) is 0 Å². The molecule has 100 valence electrons. The molecule has 1 N–H and O–H groups in total. The lowest BCUT2D eigenvalue weighted by Crippen LogP contribution is -1.95. The van der Waals surface area contributed by atoms with Crippen LogP contribution in [0.25, 0.3) is 21.3 Å². The van der Waals surface area contributed by atoms with Crippen LogP contribution in [0.1, 0.15) is 15.4 Å². The first-order chi connectivity index (χ1) is 9.65. The zero-order valence-electron chi connectivity index (χ0n) is 10.5. The number of hydrogen-bond donors (Lipinski definition) is 1. The van der Waals surface area contributed by atoms with Crippen LogP contribution in [0.2, 0.25) is 0 Å². The van der Waals surface area contributed by atoms with E-state index in [1.54, 1.807) is 0 Å². The van der Waals surface area contributed by atoms with Crippen LogP contribution in [0.5, 0.6) is 0 Å². The number of rotatable bonds is 3. The second-order valence-corrected chi connectivity index (χ2v) is 6.02. The maximum Gasteiger partial charge on any atom is 0.348 e. The summed E-state index contributed by atoms with van der Waals surface area (Å²) in [6, 6.07) is 9.35. The fourth-order valence-corrected chi connectivity index (χ4v) is 3.56. The van der Waals surface area contributed by atoms with Gasteiger partial charge in [0, 0.05) is 16.6 Å². The Balaban J connectivity index is 2.15. The van der Waals surface area contributed by atoms with Crippen LogP contribution in [-0.4, -0.2) is 21.0 Å². The molecule has 3 rings (SSSR count). The third-order valence-corrected chi connectivity index (χ3v) is 4.82. The average molecular weight is 302 g/mol. The number of thiazole rings is 2. The van der Waals surface area contributed by atoms with Crippen LogP contribution in [0.4, 0.5) is 0 Å². The second kappa shape index (κ2) is 5.15. The number of carbonyl (C=O) groups is 1. The Kier molecular flexibility index (Phi) is 3.33. The molecule has 3 aromatic rings. The molecule has 0 radical (unpaired) electrons. The van der Waals surface area contributed by atoms with Crippen molar-refractivity contribution in [1.82, 2.24) is 9.97 Å². The first-order valence-electron chi connectivity index (χ1n) is 5.87. The Morgan fingerprint density at radius 2 is 1.90 bits per heavy atom. The fraction of sp³-hybridized carbons (Fsp3) is 0.0714. The van der Waals surface area contributed by atoms with Crippen molar-refractivity contribution in [3.8, 4) is 21.3 Å². The molecule has 1 aromatic carbocycles. The second-order valence-electron chi connectivity index (χ2n) is 4.16. The van der Waals surface area contributed by atoms with E-state index in [1.165, 1.54) is 22.7 Å². The van der Waals surface area contributed by atoms with Gasteiger partial charge in [-0.05, 0) is 6.92 Å². The number of hydrogen-bond acceptors (Lipinski definition) is 5. The van der Waals surface area contributed by atoms with Crippen LogP contribution in [0.15, 0.2) is 35.7 Å². The summed E-state index contributed by atoms with van der Waals surface area (Å²) in [6.45, 7) is 1.91. The molecule has 0 aliphatic heterocycles. The predicted octanol–water partition coefficient (Wildman–Crippen LogP) is 3.94. The van der Waals surface area contributed by atoms with Crippen molar-refractivity contribution in [3.63, 3.8) is 0 Å². The van der Waals surface area contributed by atoms with Crippen molar-refractivity contribution >= 4 is 28.6 Å². The van der Waals surface area contributed by atoms with Gasteiger partial charge in [-0.3, -0.25) is 0 Å². The number of carboxylic acid groups (broad SMARTS) is 1. The van der Waals surface area contributed by atoms with Crippen molar-refractivity contribution in [2.75, 3.05) is 0 Å². The highest BCUT2D eigenvalue weighted by atomic mass is 32.1. The topological polar surface area (TPSA) is 63.1 Å². The Morgan fingerprint density at radius 1 is 1.15 bits per heavy atom. The van der Waals surface area contributed by atoms with Crippen molar-refractivity contribution in [2.24, 2.45) is 0 Å². The van der Waals surface area contributed by atoms with Gasteiger partial charge in [0.15, 0.2) is 10.0 Å². The minimum Gasteiger partial charge on any atom is -0.477 e. The van der Waals surface area contributed by atoms with Gasteiger partial charge in [-0.1, -0.05) is 30.3 Å². The molecule has 0 bridgehead atoms. The summed E-state index contributed by atoms with van der Waals surface area (Å²) in [5.74, 6) is -0.958. The Labute approximate surface area is 123 Å². The lowest BCUT2D eigenvalue weighted by Gasteiger charge is -1.97. The third kappa shape index (κ3) is 2.35. The predicted molar refractivity (Wildman–Crippen MR) is 80.4 cm³/mol. The molecule has 2 aromatic heterocycles. The van der Waals surface area contributed by atoms with Gasteiger partial charge in [-0.25, -0.2) is 14.8 Å². The van der Waals surface area contributed by atoms with Crippen LogP contribution < -0.4 is 0 Å². The fourth-order valence-electron chi connectivity index (χ4n) is 1.80. The normalized spacial score (nSPS) is 10.7. The summed E-state index contributed by atoms with van der Waals surface area (Å²) in [5.41, 5.74) is 2.23. The van der Waals surface area contributed by atoms with Gasteiger partial charge < -0.3 is 5.11 Å². The van der Waals surface area contributed by atoms with E-state index < -0.39 is 5.97 Å². The Morgan fingerprint density at radius 3 is 2.50 bits per heavy atom. The summed E-state index contributed by atoms with van der Waals surface area (Å²) >= 11 is 2.64. The van der Waals surface area contributed by atoms with Gasteiger partial charge >= 0.3 is 5.97 Å². The number of aromatic carboxylic acids is 1.